The van der Waals surface area contributed by atoms with Crippen LogP contribution in [0.4, 0.5) is 14.5 Å². The number of hydrogen-bond donors (Lipinski definition) is 1. The first kappa shape index (κ1) is 17.4. The predicted molar refractivity (Wildman–Crippen MR) is 89.7 cm³/mol. The fraction of sp³-hybridized carbons (Fsp3) is 0.235. The zero-order valence-electron chi connectivity index (χ0n) is 12.8. The molecule has 23 heavy (non-hydrogen) atoms. The van der Waals surface area contributed by atoms with Crippen LogP contribution < -0.4 is 5.32 Å². The zero-order valence-corrected chi connectivity index (χ0v) is 13.6. The highest BCUT2D eigenvalue weighted by Gasteiger charge is 2.07. The van der Waals surface area contributed by atoms with Crippen molar-refractivity contribution in [3.63, 3.8) is 0 Å². The van der Waals surface area contributed by atoms with Gasteiger partial charge in [-0.1, -0.05) is 0 Å². The Hall–Kier alpha value is -1.92. The van der Waals surface area contributed by atoms with Crippen molar-refractivity contribution in [3.8, 4) is 0 Å². The Labute approximate surface area is 138 Å². The molecule has 0 saturated heterocycles. The van der Waals surface area contributed by atoms with Gasteiger partial charge in [0, 0.05) is 22.9 Å². The third-order valence-corrected chi connectivity index (χ3v) is 4.09. The monoisotopic (exact) mass is 336 g/mol. The number of benzene rings is 2. The van der Waals surface area contributed by atoms with Gasteiger partial charge in [0.15, 0.2) is 0 Å². The molecule has 0 aliphatic carbocycles. The Bertz CT molecular complexity index is 632. The number of thioether (sulfide) groups is 1. The van der Waals surface area contributed by atoms with Gasteiger partial charge >= 0.3 is 0 Å². The van der Waals surface area contributed by atoms with Gasteiger partial charge in [0.05, 0.1) is 6.54 Å². The first-order valence-electron chi connectivity index (χ1n) is 7.15. The van der Waals surface area contributed by atoms with Crippen LogP contribution in [0.2, 0.25) is 0 Å². The molecule has 0 aliphatic heterocycles. The van der Waals surface area contributed by atoms with Gasteiger partial charge in [-0.15, -0.1) is 11.8 Å². The lowest BCUT2D eigenvalue weighted by atomic mass is 10.3. The molecule has 0 bridgehead atoms. The topological polar surface area (TPSA) is 32.3 Å². The Morgan fingerprint density at radius 1 is 1.04 bits per heavy atom. The lowest BCUT2D eigenvalue weighted by molar-refractivity contribution is -0.117. The third-order valence-electron chi connectivity index (χ3n) is 3.10. The fourth-order valence-electron chi connectivity index (χ4n) is 1.91. The second-order valence-electron chi connectivity index (χ2n) is 5.10. The van der Waals surface area contributed by atoms with E-state index in [1.54, 1.807) is 23.9 Å². The quantitative estimate of drug-likeness (QED) is 0.784. The minimum absolute atomic E-state index is 0.147. The fourth-order valence-corrected chi connectivity index (χ4v) is 2.88. The highest BCUT2D eigenvalue weighted by Crippen LogP contribution is 2.17. The van der Waals surface area contributed by atoms with Crippen LogP contribution in [0.5, 0.6) is 0 Å². The van der Waals surface area contributed by atoms with Crippen LogP contribution in [0.1, 0.15) is 0 Å². The summed E-state index contributed by atoms with van der Waals surface area (Å²) in [5.74, 6) is 0.0687. The number of amides is 1. The molecule has 0 aromatic heterocycles. The van der Waals surface area contributed by atoms with Crippen LogP contribution in [0, 0.1) is 11.6 Å². The van der Waals surface area contributed by atoms with Gasteiger partial charge < -0.3 is 5.32 Å². The Kier molecular flexibility index (Phi) is 6.55. The van der Waals surface area contributed by atoms with Gasteiger partial charge in [0.25, 0.3) is 0 Å². The molecule has 0 spiro atoms. The number of carbonyl (C=O) groups is 1. The van der Waals surface area contributed by atoms with E-state index in [-0.39, 0.29) is 24.1 Å². The van der Waals surface area contributed by atoms with Crippen LogP contribution in [-0.2, 0) is 4.79 Å². The highest BCUT2D eigenvalue weighted by atomic mass is 32.2. The predicted octanol–water partition coefficient (Wildman–Crippen LogP) is 3.63. The first-order valence-corrected chi connectivity index (χ1v) is 8.14. The summed E-state index contributed by atoms with van der Waals surface area (Å²) >= 11 is 1.61. The van der Waals surface area contributed by atoms with E-state index in [1.165, 1.54) is 36.4 Å². The van der Waals surface area contributed by atoms with Crippen LogP contribution in [0.3, 0.4) is 0 Å². The maximum absolute atomic E-state index is 12.8. The zero-order chi connectivity index (χ0) is 16.7. The molecule has 0 aliphatic rings. The minimum atomic E-state index is -0.335. The van der Waals surface area contributed by atoms with Crippen LogP contribution in [-0.4, -0.2) is 36.7 Å². The van der Waals surface area contributed by atoms with E-state index in [0.717, 1.165) is 17.2 Å². The second-order valence-corrected chi connectivity index (χ2v) is 6.26. The molecule has 6 heteroatoms. The second kappa shape index (κ2) is 8.64. The van der Waals surface area contributed by atoms with Gasteiger partial charge in [-0.3, -0.25) is 9.69 Å². The van der Waals surface area contributed by atoms with E-state index in [4.69, 9.17) is 0 Å². The average molecular weight is 336 g/mol. The molecule has 2 rings (SSSR count). The van der Waals surface area contributed by atoms with Gasteiger partial charge in [0.2, 0.25) is 5.91 Å². The van der Waals surface area contributed by atoms with Crippen molar-refractivity contribution in [1.29, 1.82) is 0 Å². The molecule has 2 aromatic carbocycles. The number of hydrogen-bond acceptors (Lipinski definition) is 3. The van der Waals surface area contributed by atoms with Crippen molar-refractivity contribution >= 4 is 23.4 Å². The van der Waals surface area contributed by atoms with Crippen LogP contribution in [0.25, 0.3) is 0 Å². The number of nitrogens with one attached hydrogen (secondary N) is 1. The Morgan fingerprint density at radius 3 is 2.22 bits per heavy atom. The van der Waals surface area contributed by atoms with Crippen LogP contribution in [0.15, 0.2) is 53.4 Å². The normalized spacial score (nSPS) is 10.8. The summed E-state index contributed by atoms with van der Waals surface area (Å²) in [5, 5.41) is 2.72. The molecule has 0 saturated carbocycles. The molecule has 0 unspecified atom stereocenters. The van der Waals surface area contributed by atoms with E-state index in [1.807, 2.05) is 11.9 Å². The van der Waals surface area contributed by atoms with E-state index in [0.29, 0.717) is 5.69 Å². The summed E-state index contributed by atoms with van der Waals surface area (Å²) in [6.45, 7) is 0.972. The third kappa shape index (κ3) is 6.38. The molecule has 0 radical (unpaired) electrons. The van der Waals surface area contributed by atoms with Gasteiger partial charge in [-0.2, -0.15) is 0 Å². The SMILES string of the molecule is CN(CCSc1ccc(F)cc1)CC(=O)Nc1ccc(F)cc1. The molecule has 0 heterocycles. The summed E-state index contributed by atoms with van der Waals surface area (Å²) in [6, 6.07) is 12.0. The lowest BCUT2D eigenvalue weighted by Crippen LogP contribution is -2.31. The number of halogens is 2. The van der Waals surface area contributed by atoms with Gasteiger partial charge in [-0.25, -0.2) is 8.78 Å². The maximum Gasteiger partial charge on any atom is 0.238 e. The number of likely N-dealkylation sites (N-methyl/N-ethyl adjacent to an activating group) is 1. The molecule has 3 nitrogen and oxygen atoms in total. The largest absolute Gasteiger partial charge is 0.325 e. The van der Waals surface area contributed by atoms with Crippen molar-refractivity contribution in [2.24, 2.45) is 0 Å². The maximum atomic E-state index is 12.8. The molecule has 1 N–H and O–H groups in total. The summed E-state index contributed by atoms with van der Waals surface area (Å²) in [6.07, 6.45) is 0. The average Bonchev–Trinajstić information content (AvgIpc) is 2.51. The van der Waals surface area contributed by atoms with Crippen molar-refractivity contribution in [3.05, 3.63) is 60.2 Å². The van der Waals surface area contributed by atoms with Crippen molar-refractivity contribution < 1.29 is 13.6 Å². The molecule has 2 aromatic rings. The standard InChI is InChI=1S/C17H18F2N2OS/c1-21(10-11-23-16-8-4-14(19)5-9-16)12-17(22)20-15-6-2-13(18)3-7-15/h2-9H,10-12H2,1H3,(H,20,22). The van der Waals surface area contributed by atoms with Gasteiger partial charge in [-0.05, 0) is 55.6 Å². The summed E-state index contributed by atoms with van der Waals surface area (Å²) in [5.41, 5.74) is 0.575. The molecule has 122 valence electrons. The number of nitrogens with zero attached hydrogens (tertiary/aromatic N) is 1. The van der Waals surface area contributed by atoms with Gasteiger partial charge in [0.1, 0.15) is 11.6 Å². The molecule has 0 atom stereocenters. The van der Waals surface area contributed by atoms with E-state index in [2.05, 4.69) is 5.32 Å². The van der Waals surface area contributed by atoms with Crippen molar-refractivity contribution in [2.75, 3.05) is 31.2 Å². The van der Waals surface area contributed by atoms with E-state index in [9.17, 15) is 13.6 Å². The Morgan fingerprint density at radius 2 is 1.61 bits per heavy atom. The number of anilines is 1. The van der Waals surface area contributed by atoms with Crippen molar-refractivity contribution in [1.82, 2.24) is 4.90 Å². The summed E-state index contributed by atoms with van der Waals surface area (Å²) in [7, 11) is 1.86. The highest BCUT2D eigenvalue weighted by molar-refractivity contribution is 7.99. The number of rotatable bonds is 7. The smallest absolute Gasteiger partial charge is 0.238 e. The summed E-state index contributed by atoms with van der Waals surface area (Å²) < 4.78 is 25.6. The molecule has 1 amide bonds. The lowest BCUT2D eigenvalue weighted by Gasteiger charge is -2.16. The van der Waals surface area contributed by atoms with E-state index < -0.39 is 0 Å². The molecular weight excluding hydrogens is 318 g/mol. The van der Waals surface area contributed by atoms with E-state index >= 15 is 0 Å². The Balaban J connectivity index is 1.69. The minimum Gasteiger partial charge on any atom is -0.325 e. The number of carbonyl (C=O) groups excluding carboxylic acids is 1. The molecular formula is C17H18F2N2OS. The van der Waals surface area contributed by atoms with Crippen LogP contribution >= 0.6 is 11.8 Å². The first-order chi connectivity index (χ1) is 11.0. The molecule has 0 fully saturated rings. The van der Waals surface area contributed by atoms with Crippen molar-refractivity contribution in [2.45, 2.75) is 4.90 Å². The summed E-state index contributed by atoms with van der Waals surface area (Å²) in [4.78, 5) is 14.8.